The molecule has 33 heavy (non-hydrogen) atoms. The van der Waals surface area contributed by atoms with Crippen molar-refractivity contribution in [1.82, 2.24) is 0 Å². The minimum absolute atomic E-state index is 0.0600. The van der Waals surface area contributed by atoms with Crippen molar-refractivity contribution >= 4 is 34.7 Å². The van der Waals surface area contributed by atoms with Crippen LogP contribution in [0.15, 0.2) is 72.3 Å². The Morgan fingerprint density at radius 2 is 1.82 bits per heavy atom. The molecule has 1 heterocycles. The number of ketones is 1. The molecule has 1 unspecified atom stereocenters. The van der Waals surface area contributed by atoms with Gasteiger partial charge in [0.25, 0.3) is 11.7 Å². The minimum atomic E-state index is -0.917. The molecule has 0 spiro atoms. The van der Waals surface area contributed by atoms with Crippen LogP contribution in [0.2, 0.25) is 5.02 Å². The summed E-state index contributed by atoms with van der Waals surface area (Å²) in [6.07, 6.45) is 0. The van der Waals surface area contributed by atoms with E-state index in [4.69, 9.17) is 16.3 Å². The average Bonchev–Trinajstić information content (AvgIpc) is 3.08. The summed E-state index contributed by atoms with van der Waals surface area (Å²) in [5.41, 5.74) is 1.96. The highest BCUT2D eigenvalue weighted by Crippen LogP contribution is 2.43. The highest BCUT2D eigenvalue weighted by Gasteiger charge is 2.47. The van der Waals surface area contributed by atoms with Crippen LogP contribution >= 0.6 is 11.6 Å². The summed E-state index contributed by atoms with van der Waals surface area (Å²) >= 11 is 5.95. The molecule has 0 radical (unpaired) electrons. The number of ether oxygens (including phenoxy) is 1. The third-order valence-electron chi connectivity index (χ3n) is 5.49. The molecule has 4 rings (SSSR count). The number of anilines is 1. The van der Waals surface area contributed by atoms with Gasteiger partial charge < -0.3 is 9.84 Å². The van der Waals surface area contributed by atoms with Gasteiger partial charge in [0, 0.05) is 11.3 Å². The van der Waals surface area contributed by atoms with Crippen LogP contribution in [-0.2, 0) is 9.59 Å². The fraction of sp³-hybridized carbons (Fsp3) is 0.154. The van der Waals surface area contributed by atoms with E-state index in [2.05, 4.69) is 0 Å². The highest BCUT2D eigenvalue weighted by molar-refractivity contribution is 6.51. The zero-order chi connectivity index (χ0) is 23.7. The first-order valence-corrected chi connectivity index (χ1v) is 10.8. The van der Waals surface area contributed by atoms with Crippen molar-refractivity contribution in [3.05, 3.63) is 99.8 Å². The van der Waals surface area contributed by atoms with Gasteiger partial charge in [-0.3, -0.25) is 14.5 Å². The Morgan fingerprint density at radius 1 is 1.09 bits per heavy atom. The van der Waals surface area contributed by atoms with E-state index in [0.717, 1.165) is 11.6 Å². The van der Waals surface area contributed by atoms with Gasteiger partial charge in [0.2, 0.25) is 0 Å². The highest BCUT2D eigenvalue weighted by atomic mass is 35.5. The molecule has 1 aliphatic rings. The number of amides is 1. The zero-order valence-corrected chi connectivity index (χ0v) is 18.8. The lowest BCUT2D eigenvalue weighted by Gasteiger charge is -2.25. The number of carbonyl (C=O) groups is 2. The molecule has 3 aromatic carbocycles. The van der Waals surface area contributed by atoms with E-state index in [9.17, 15) is 19.1 Å². The van der Waals surface area contributed by atoms with Crippen molar-refractivity contribution in [3.8, 4) is 5.75 Å². The van der Waals surface area contributed by atoms with Gasteiger partial charge in [0.05, 0.1) is 23.2 Å². The lowest BCUT2D eigenvalue weighted by atomic mass is 9.94. The summed E-state index contributed by atoms with van der Waals surface area (Å²) in [6.45, 7) is 4.19. The maximum absolute atomic E-state index is 13.8. The van der Waals surface area contributed by atoms with Gasteiger partial charge >= 0.3 is 0 Å². The molecule has 1 atom stereocenters. The Kier molecular flexibility index (Phi) is 6.20. The molecular weight excluding hydrogens is 445 g/mol. The number of Topliss-reactive ketones (excluding diaryl/α,β-unsaturated/α-hetero) is 1. The third kappa shape index (κ3) is 4.10. The van der Waals surface area contributed by atoms with E-state index in [1.807, 2.05) is 13.8 Å². The van der Waals surface area contributed by atoms with E-state index in [1.54, 1.807) is 48.5 Å². The van der Waals surface area contributed by atoms with Crippen LogP contribution in [0.1, 0.15) is 29.7 Å². The quantitative estimate of drug-likeness (QED) is 0.293. The molecule has 1 N–H and O–H groups in total. The Morgan fingerprint density at radius 3 is 2.45 bits per heavy atom. The molecule has 3 aromatic rings. The number of benzene rings is 3. The molecule has 5 nitrogen and oxygen atoms in total. The van der Waals surface area contributed by atoms with Crippen molar-refractivity contribution in [2.45, 2.75) is 19.9 Å². The number of aryl methyl sites for hydroxylation is 1. The summed E-state index contributed by atoms with van der Waals surface area (Å²) in [7, 11) is 0. The van der Waals surface area contributed by atoms with E-state index >= 15 is 0 Å². The van der Waals surface area contributed by atoms with Crippen molar-refractivity contribution in [3.63, 3.8) is 0 Å². The second-order valence-corrected chi connectivity index (χ2v) is 8.00. The lowest BCUT2D eigenvalue weighted by molar-refractivity contribution is -0.132. The van der Waals surface area contributed by atoms with Crippen LogP contribution in [0.5, 0.6) is 5.75 Å². The number of aliphatic hydroxyl groups excluding tert-OH is 1. The summed E-state index contributed by atoms with van der Waals surface area (Å²) < 4.78 is 19.3. The number of aliphatic hydroxyl groups is 1. The SMILES string of the molecule is CCOc1ccc(/C(O)=C2\C(=O)C(=O)N(c3ccc(F)c(Cl)c3)C2c2ccccc2)cc1C. The molecule has 0 saturated carbocycles. The first kappa shape index (κ1) is 22.6. The monoisotopic (exact) mass is 465 g/mol. The van der Waals surface area contributed by atoms with E-state index in [1.165, 1.54) is 17.0 Å². The molecule has 7 heteroatoms. The van der Waals surface area contributed by atoms with Gasteiger partial charge in [-0.15, -0.1) is 0 Å². The Bertz CT molecular complexity index is 1270. The second kappa shape index (κ2) is 9.08. The smallest absolute Gasteiger partial charge is 0.300 e. The van der Waals surface area contributed by atoms with Crippen LogP contribution in [0.4, 0.5) is 10.1 Å². The standard InChI is InChI=1S/C26H21ClFNO4/c1-3-33-21-12-9-17(13-15(21)2)24(30)22-23(16-7-5-4-6-8-16)29(26(32)25(22)31)18-10-11-20(28)19(27)14-18/h4-14,23,30H,3H2,1-2H3/b24-22+. The number of hydrogen-bond donors (Lipinski definition) is 1. The number of hydrogen-bond acceptors (Lipinski definition) is 4. The first-order chi connectivity index (χ1) is 15.8. The van der Waals surface area contributed by atoms with Gasteiger partial charge in [-0.05, 0) is 61.4 Å². The van der Waals surface area contributed by atoms with Crippen LogP contribution in [0, 0.1) is 12.7 Å². The molecule has 0 aliphatic carbocycles. The van der Waals surface area contributed by atoms with Crippen LogP contribution in [0.25, 0.3) is 5.76 Å². The summed E-state index contributed by atoms with van der Waals surface area (Å²) in [5.74, 6) is -1.96. The molecule has 1 saturated heterocycles. The minimum Gasteiger partial charge on any atom is -0.507 e. The molecular formula is C26H21ClFNO4. The number of carbonyl (C=O) groups excluding carboxylic acids is 2. The lowest BCUT2D eigenvalue weighted by Crippen LogP contribution is -2.29. The van der Waals surface area contributed by atoms with Crippen molar-refractivity contribution in [1.29, 1.82) is 0 Å². The Labute approximate surface area is 195 Å². The van der Waals surface area contributed by atoms with Crippen LogP contribution in [0.3, 0.4) is 0 Å². The van der Waals surface area contributed by atoms with Crippen molar-refractivity contribution in [2.75, 3.05) is 11.5 Å². The summed E-state index contributed by atoms with van der Waals surface area (Å²) in [5, 5.41) is 11.0. The van der Waals surface area contributed by atoms with E-state index in [0.29, 0.717) is 23.5 Å². The topological polar surface area (TPSA) is 66.8 Å². The Hall–Kier alpha value is -3.64. The largest absolute Gasteiger partial charge is 0.507 e. The van der Waals surface area contributed by atoms with Gasteiger partial charge in [-0.1, -0.05) is 41.9 Å². The third-order valence-corrected chi connectivity index (χ3v) is 5.78. The molecule has 1 aliphatic heterocycles. The molecule has 0 bridgehead atoms. The van der Waals surface area contributed by atoms with Gasteiger partial charge in [-0.25, -0.2) is 4.39 Å². The van der Waals surface area contributed by atoms with Crippen LogP contribution in [-0.4, -0.2) is 23.4 Å². The normalized spacial score (nSPS) is 17.5. The van der Waals surface area contributed by atoms with E-state index < -0.39 is 23.5 Å². The van der Waals surface area contributed by atoms with E-state index in [-0.39, 0.29) is 22.0 Å². The first-order valence-electron chi connectivity index (χ1n) is 10.4. The summed E-state index contributed by atoms with van der Waals surface area (Å²) in [6, 6.07) is 16.8. The maximum atomic E-state index is 13.8. The average molecular weight is 466 g/mol. The van der Waals surface area contributed by atoms with Gasteiger partial charge in [0.1, 0.15) is 17.3 Å². The summed E-state index contributed by atoms with van der Waals surface area (Å²) in [4.78, 5) is 27.5. The van der Waals surface area contributed by atoms with Gasteiger partial charge in [0.15, 0.2) is 0 Å². The molecule has 1 amide bonds. The number of nitrogens with zero attached hydrogens (tertiary/aromatic N) is 1. The molecule has 0 aromatic heterocycles. The zero-order valence-electron chi connectivity index (χ0n) is 18.0. The fourth-order valence-corrected chi connectivity index (χ4v) is 4.13. The van der Waals surface area contributed by atoms with Gasteiger partial charge in [-0.2, -0.15) is 0 Å². The number of rotatable bonds is 5. The molecule has 1 fully saturated rings. The molecule has 168 valence electrons. The second-order valence-electron chi connectivity index (χ2n) is 7.59. The maximum Gasteiger partial charge on any atom is 0.300 e. The Balaban J connectivity index is 1.91. The van der Waals surface area contributed by atoms with Crippen molar-refractivity contribution < 1.29 is 23.8 Å². The fourth-order valence-electron chi connectivity index (χ4n) is 3.95. The number of halogens is 2. The predicted octanol–water partition coefficient (Wildman–Crippen LogP) is 5.81. The van der Waals surface area contributed by atoms with Crippen LogP contribution < -0.4 is 9.64 Å². The van der Waals surface area contributed by atoms with Crippen molar-refractivity contribution in [2.24, 2.45) is 0 Å². The predicted molar refractivity (Wildman–Crippen MR) is 125 cm³/mol.